The van der Waals surface area contributed by atoms with Gasteiger partial charge in [0.1, 0.15) is 0 Å². The standard InChI is InChI=1S/C9H18FNO2S/c1-4-6-11(7-5-2)9(3)8-14(10,12)13/h8H,4-7H2,1-3H3/b9-8+. The average molecular weight is 223 g/mol. The number of halogens is 1. The second kappa shape index (κ2) is 6.01. The smallest absolute Gasteiger partial charge is 0.326 e. The maximum atomic E-state index is 12.3. The molecular formula is C9H18FNO2S. The van der Waals surface area contributed by atoms with Crippen LogP contribution in [0.3, 0.4) is 0 Å². The van der Waals surface area contributed by atoms with Crippen LogP contribution >= 0.6 is 0 Å². The predicted octanol–water partition coefficient (Wildman–Crippen LogP) is 2.27. The topological polar surface area (TPSA) is 37.4 Å². The highest BCUT2D eigenvalue weighted by Crippen LogP contribution is 2.08. The summed E-state index contributed by atoms with van der Waals surface area (Å²) in [6, 6.07) is 0. The fourth-order valence-corrected chi connectivity index (χ4v) is 1.84. The zero-order chi connectivity index (χ0) is 11.2. The van der Waals surface area contributed by atoms with E-state index in [-0.39, 0.29) is 0 Å². The van der Waals surface area contributed by atoms with Gasteiger partial charge in [-0.15, -0.1) is 3.89 Å². The van der Waals surface area contributed by atoms with Crippen LogP contribution < -0.4 is 0 Å². The molecule has 5 heteroatoms. The molecule has 14 heavy (non-hydrogen) atoms. The van der Waals surface area contributed by atoms with E-state index in [2.05, 4.69) is 0 Å². The third kappa shape index (κ3) is 5.96. The van der Waals surface area contributed by atoms with Crippen molar-refractivity contribution < 1.29 is 12.3 Å². The number of allylic oxidation sites excluding steroid dienone is 1. The highest BCUT2D eigenvalue weighted by molar-refractivity contribution is 7.89. The minimum absolute atomic E-state index is 0.469. The Bertz CT molecular complexity index is 279. The second-order valence-corrected chi connectivity index (χ2v) is 4.41. The van der Waals surface area contributed by atoms with Crippen molar-refractivity contribution in [3.63, 3.8) is 0 Å². The van der Waals surface area contributed by atoms with Gasteiger partial charge in [-0.05, 0) is 19.8 Å². The molecule has 0 heterocycles. The molecule has 0 spiro atoms. The fraction of sp³-hybridized carbons (Fsp3) is 0.778. The minimum Gasteiger partial charge on any atom is -0.374 e. The van der Waals surface area contributed by atoms with Crippen LogP contribution in [0.25, 0.3) is 0 Å². The highest BCUT2D eigenvalue weighted by atomic mass is 32.3. The first-order valence-corrected chi connectivity index (χ1v) is 6.23. The molecule has 0 aromatic rings. The van der Waals surface area contributed by atoms with E-state index >= 15 is 0 Å². The molecule has 84 valence electrons. The summed E-state index contributed by atoms with van der Waals surface area (Å²) in [6.07, 6.45) is 1.83. The first kappa shape index (κ1) is 13.4. The van der Waals surface area contributed by atoms with Gasteiger partial charge in [-0.25, -0.2) is 0 Å². The van der Waals surface area contributed by atoms with Gasteiger partial charge in [0.15, 0.2) is 0 Å². The molecule has 0 unspecified atom stereocenters. The highest BCUT2D eigenvalue weighted by Gasteiger charge is 2.08. The molecule has 0 aromatic heterocycles. The van der Waals surface area contributed by atoms with Crippen LogP contribution in [0.1, 0.15) is 33.6 Å². The van der Waals surface area contributed by atoms with E-state index in [1.165, 1.54) is 0 Å². The van der Waals surface area contributed by atoms with Crippen LogP contribution in [-0.4, -0.2) is 26.4 Å². The molecule has 3 nitrogen and oxygen atoms in total. The molecule has 0 saturated heterocycles. The van der Waals surface area contributed by atoms with Crippen LogP contribution in [0.4, 0.5) is 3.89 Å². The largest absolute Gasteiger partial charge is 0.374 e. The van der Waals surface area contributed by atoms with Crippen molar-refractivity contribution in [2.24, 2.45) is 0 Å². The quantitative estimate of drug-likeness (QED) is 0.648. The van der Waals surface area contributed by atoms with Crippen molar-refractivity contribution in [1.29, 1.82) is 0 Å². The van der Waals surface area contributed by atoms with Crippen LogP contribution in [0, 0.1) is 0 Å². The van der Waals surface area contributed by atoms with Gasteiger partial charge >= 0.3 is 10.2 Å². The van der Waals surface area contributed by atoms with Crippen LogP contribution in [-0.2, 0) is 10.2 Å². The van der Waals surface area contributed by atoms with Crippen LogP contribution in [0.5, 0.6) is 0 Å². The summed E-state index contributed by atoms with van der Waals surface area (Å²) in [5.74, 6) is 0. The molecule has 0 rings (SSSR count). The van der Waals surface area contributed by atoms with E-state index in [0.717, 1.165) is 25.9 Å². The molecule has 0 radical (unpaired) electrons. The lowest BCUT2D eigenvalue weighted by Crippen LogP contribution is -2.23. The summed E-state index contributed by atoms with van der Waals surface area (Å²) < 4.78 is 33.1. The van der Waals surface area contributed by atoms with Crippen molar-refractivity contribution in [2.45, 2.75) is 33.6 Å². The van der Waals surface area contributed by atoms with Gasteiger partial charge < -0.3 is 4.90 Å². The van der Waals surface area contributed by atoms with Gasteiger partial charge in [-0.2, -0.15) is 8.42 Å². The minimum atomic E-state index is -4.51. The zero-order valence-electron chi connectivity index (χ0n) is 8.96. The van der Waals surface area contributed by atoms with Gasteiger partial charge in [-0.3, -0.25) is 0 Å². The maximum absolute atomic E-state index is 12.3. The molecule has 0 aliphatic heterocycles. The van der Waals surface area contributed by atoms with Crippen molar-refractivity contribution in [1.82, 2.24) is 4.90 Å². The lowest BCUT2D eigenvalue weighted by molar-refractivity contribution is 0.345. The summed E-state index contributed by atoms with van der Waals surface area (Å²) in [5, 5.41) is 0.679. The van der Waals surface area contributed by atoms with Gasteiger partial charge in [-0.1, -0.05) is 13.8 Å². The Morgan fingerprint density at radius 2 is 1.71 bits per heavy atom. The molecule has 0 aromatic carbocycles. The Morgan fingerprint density at radius 3 is 2.00 bits per heavy atom. The number of rotatable bonds is 6. The normalized spacial score (nSPS) is 13.0. The molecule has 0 amide bonds. The zero-order valence-corrected chi connectivity index (χ0v) is 9.77. The molecule has 0 saturated carbocycles. The summed E-state index contributed by atoms with van der Waals surface area (Å²) in [7, 11) is -4.51. The third-order valence-corrected chi connectivity index (χ3v) is 2.42. The predicted molar refractivity (Wildman–Crippen MR) is 55.9 cm³/mol. The Kier molecular flexibility index (Phi) is 5.76. The summed E-state index contributed by atoms with van der Waals surface area (Å²) >= 11 is 0. The van der Waals surface area contributed by atoms with E-state index in [9.17, 15) is 12.3 Å². The van der Waals surface area contributed by atoms with Gasteiger partial charge in [0, 0.05) is 18.8 Å². The summed E-state index contributed by atoms with van der Waals surface area (Å²) in [4.78, 5) is 1.87. The molecule has 0 aliphatic carbocycles. The molecular weight excluding hydrogens is 205 g/mol. The Hall–Kier alpha value is -0.580. The van der Waals surface area contributed by atoms with E-state index in [1.54, 1.807) is 6.92 Å². The lowest BCUT2D eigenvalue weighted by atomic mass is 10.3. The number of hydrogen-bond donors (Lipinski definition) is 0. The van der Waals surface area contributed by atoms with E-state index in [4.69, 9.17) is 0 Å². The van der Waals surface area contributed by atoms with Crippen molar-refractivity contribution in [2.75, 3.05) is 13.1 Å². The first-order valence-electron chi connectivity index (χ1n) is 4.78. The van der Waals surface area contributed by atoms with Crippen LogP contribution in [0.2, 0.25) is 0 Å². The average Bonchev–Trinajstić information content (AvgIpc) is 2.01. The van der Waals surface area contributed by atoms with Gasteiger partial charge in [0.2, 0.25) is 0 Å². The monoisotopic (exact) mass is 223 g/mol. The molecule has 0 fully saturated rings. The van der Waals surface area contributed by atoms with Gasteiger partial charge in [0.05, 0.1) is 5.41 Å². The maximum Gasteiger partial charge on any atom is 0.326 e. The Balaban J connectivity index is 4.57. The summed E-state index contributed by atoms with van der Waals surface area (Å²) in [5.41, 5.74) is 0.469. The molecule has 0 atom stereocenters. The van der Waals surface area contributed by atoms with Gasteiger partial charge in [0.25, 0.3) is 0 Å². The Labute approximate surface area is 85.8 Å². The molecule has 0 bridgehead atoms. The Morgan fingerprint density at radius 1 is 1.29 bits per heavy atom. The third-order valence-electron chi connectivity index (χ3n) is 1.80. The van der Waals surface area contributed by atoms with E-state index in [1.807, 2.05) is 18.7 Å². The van der Waals surface area contributed by atoms with Crippen molar-refractivity contribution >= 4 is 10.2 Å². The first-order chi connectivity index (χ1) is 6.40. The number of hydrogen-bond acceptors (Lipinski definition) is 3. The molecule has 0 N–H and O–H groups in total. The fourth-order valence-electron chi connectivity index (χ4n) is 1.28. The van der Waals surface area contributed by atoms with Crippen molar-refractivity contribution in [3.05, 3.63) is 11.1 Å². The van der Waals surface area contributed by atoms with Crippen molar-refractivity contribution in [3.8, 4) is 0 Å². The van der Waals surface area contributed by atoms with Crippen LogP contribution in [0.15, 0.2) is 11.1 Å². The molecule has 0 aliphatic rings. The van der Waals surface area contributed by atoms with E-state index in [0.29, 0.717) is 11.1 Å². The lowest BCUT2D eigenvalue weighted by Gasteiger charge is -2.23. The number of nitrogens with zero attached hydrogens (tertiary/aromatic N) is 1. The summed E-state index contributed by atoms with van der Waals surface area (Å²) in [6.45, 7) is 7.12. The second-order valence-electron chi connectivity index (χ2n) is 3.22. The SMILES string of the molecule is CCCN(CCC)/C(C)=C/S(=O)(=O)F. The van der Waals surface area contributed by atoms with E-state index < -0.39 is 10.2 Å².